The van der Waals surface area contributed by atoms with Crippen LogP contribution in [0.15, 0.2) is 47.4 Å². The summed E-state index contributed by atoms with van der Waals surface area (Å²) in [6, 6.07) is 11.3. The Labute approximate surface area is 184 Å². The molecule has 0 unspecified atom stereocenters. The zero-order chi connectivity index (χ0) is 22.4. The maximum absolute atomic E-state index is 12.8. The number of nitro groups is 1. The van der Waals surface area contributed by atoms with Crippen molar-refractivity contribution in [3.8, 4) is 11.5 Å². The van der Waals surface area contributed by atoms with Gasteiger partial charge >= 0.3 is 0 Å². The second-order valence-corrected chi connectivity index (χ2v) is 7.76. The lowest BCUT2D eigenvalue weighted by molar-refractivity contribution is -0.385. The molecule has 162 valence electrons. The van der Waals surface area contributed by atoms with E-state index >= 15 is 0 Å². The van der Waals surface area contributed by atoms with Gasteiger partial charge in [0.25, 0.3) is 16.8 Å². The molecule has 1 saturated heterocycles. The molecule has 0 aliphatic carbocycles. The Hall–Kier alpha value is -3.33. The first-order valence-corrected chi connectivity index (χ1v) is 10.5. The summed E-state index contributed by atoms with van der Waals surface area (Å²) in [5.41, 5.74) is 0.844. The van der Waals surface area contributed by atoms with Crippen LogP contribution in [0, 0.1) is 10.1 Å². The number of imide groups is 1. The molecule has 31 heavy (non-hydrogen) atoms. The van der Waals surface area contributed by atoms with E-state index < -0.39 is 16.1 Å². The van der Waals surface area contributed by atoms with Crippen LogP contribution in [0.5, 0.6) is 11.5 Å². The second-order valence-electron chi connectivity index (χ2n) is 6.77. The fraction of sp³-hybridized carbons (Fsp3) is 0.273. The van der Waals surface area contributed by atoms with E-state index in [0.29, 0.717) is 29.2 Å². The van der Waals surface area contributed by atoms with Crippen LogP contribution in [0.1, 0.15) is 30.9 Å². The fourth-order valence-corrected chi connectivity index (χ4v) is 3.84. The Morgan fingerprint density at radius 2 is 1.94 bits per heavy atom. The third-order valence-corrected chi connectivity index (χ3v) is 5.54. The number of methoxy groups -OCH3 is 1. The Morgan fingerprint density at radius 3 is 2.65 bits per heavy atom. The lowest BCUT2D eigenvalue weighted by Crippen LogP contribution is -2.27. The highest BCUT2D eigenvalue weighted by Crippen LogP contribution is 2.36. The average molecular weight is 442 g/mol. The molecule has 2 aromatic carbocycles. The van der Waals surface area contributed by atoms with Gasteiger partial charge < -0.3 is 9.47 Å². The van der Waals surface area contributed by atoms with Crippen molar-refractivity contribution in [2.75, 3.05) is 13.7 Å². The van der Waals surface area contributed by atoms with Crippen LogP contribution in [0.2, 0.25) is 0 Å². The van der Waals surface area contributed by atoms with Gasteiger partial charge in [-0.15, -0.1) is 0 Å². The quantitative estimate of drug-likeness (QED) is 0.233. The summed E-state index contributed by atoms with van der Waals surface area (Å²) in [5.74, 6) is 0.650. The number of ether oxygens (including phenoxy) is 2. The smallest absolute Gasteiger partial charge is 0.293 e. The minimum Gasteiger partial charge on any atom is -0.493 e. The molecule has 1 aliphatic heterocycles. The van der Waals surface area contributed by atoms with Gasteiger partial charge in [0.1, 0.15) is 0 Å². The minimum atomic E-state index is -0.527. The largest absolute Gasteiger partial charge is 0.493 e. The topological polar surface area (TPSA) is 99.0 Å². The SMILES string of the molecule is CCCCOc1ccc(/C=C2\SC(=O)N(Cc3ccccc3[N+](=O)[O-])C2=O)cc1OC. The average Bonchev–Trinajstić information content (AvgIpc) is 3.02. The van der Waals surface area contributed by atoms with Gasteiger partial charge in [0.15, 0.2) is 11.5 Å². The normalized spacial score (nSPS) is 14.9. The predicted octanol–water partition coefficient (Wildman–Crippen LogP) is 5.02. The Balaban J connectivity index is 1.80. The molecule has 0 atom stereocenters. The molecule has 0 saturated carbocycles. The van der Waals surface area contributed by atoms with Crippen LogP contribution >= 0.6 is 11.8 Å². The number of rotatable bonds is 9. The summed E-state index contributed by atoms with van der Waals surface area (Å²) in [6.07, 6.45) is 3.54. The van der Waals surface area contributed by atoms with Gasteiger partial charge in [-0.1, -0.05) is 37.6 Å². The predicted molar refractivity (Wildman–Crippen MR) is 118 cm³/mol. The van der Waals surface area contributed by atoms with Gasteiger partial charge in [0, 0.05) is 11.6 Å². The van der Waals surface area contributed by atoms with E-state index in [4.69, 9.17) is 9.47 Å². The lowest BCUT2D eigenvalue weighted by Gasteiger charge is -2.12. The van der Waals surface area contributed by atoms with Crippen molar-refractivity contribution in [1.82, 2.24) is 4.90 Å². The van der Waals surface area contributed by atoms with E-state index in [1.807, 2.05) is 0 Å². The molecular formula is C22H22N2O6S. The minimum absolute atomic E-state index is 0.131. The number of carbonyl (C=O) groups is 2. The van der Waals surface area contributed by atoms with E-state index in [1.165, 1.54) is 19.2 Å². The number of hydrogen-bond acceptors (Lipinski definition) is 7. The molecular weight excluding hydrogens is 420 g/mol. The van der Waals surface area contributed by atoms with Gasteiger partial charge in [-0.25, -0.2) is 0 Å². The number of nitro benzene ring substituents is 1. The molecule has 0 bridgehead atoms. The van der Waals surface area contributed by atoms with Gasteiger partial charge in [-0.3, -0.25) is 24.6 Å². The molecule has 0 N–H and O–H groups in total. The molecule has 9 heteroatoms. The number of para-hydroxylation sites is 1. The zero-order valence-electron chi connectivity index (χ0n) is 17.2. The van der Waals surface area contributed by atoms with E-state index in [-0.39, 0.29) is 17.1 Å². The highest BCUT2D eigenvalue weighted by atomic mass is 32.2. The van der Waals surface area contributed by atoms with Crippen LogP contribution in [0.25, 0.3) is 6.08 Å². The molecule has 2 amide bonds. The van der Waals surface area contributed by atoms with Crippen molar-refractivity contribution in [3.05, 3.63) is 68.6 Å². The first kappa shape index (κ1) is 22.4. The van der Waals surface area contributed by atoms with Crippen molar-refractivity contribution in [1.29, 1.82) is 0 Å². The maximum atomic E-state index is 12.8. The summed E-state index contributed by atoms with van der Waals surface area (Å²) < 4.78 is 11.1. The van der Waals surface area contributed by atoms with Crippen LogP contribution < -0.4 is 9.47 Å². The van der Waals surface area contributed by atoms with Crippen molar-refractivity contribution in [2.45, 2.75) is 26.3 Å². The number of unbranched alkanes of at least 4 members (excludes halogenated alkanes) is 1. The van der Waals surface area contributed by atoms with Crippen molar-refractivity contribution in [3.63, 3.8) is 0 Å². The van der Waals surface area contributed by atoms with Crippen LogP contribution in [-0.2, 0) is 11.3 Å². The molecule has 3 rings (SSSR count). The summed E-state index contributed by atoms with van der Waals surface area (Å²) in [5, 5.41) is 10.7. The van der Waals surface area contributed by atoms with Crippen molar-refractivity contribution >= 4 is 34.7 Å². The van der Waals surface area contributed by atoms with Crippen molar-refractivity contribution in [2.24, 2.45) is 0 Å². The summed E-state index contributed by atoms with van der Waals surface area (Å²) in [7, 11) is 1.53. The second kappa shape index (κ2) is 10.1. The van der Waals surface area contributed by atoms with E-state index in [0.717, 1.165) is 29.5 Å². The summed E-state index contributed by atoms with van der Waals surface area (Å²) in [4.78, 5) is 37.1. The number of carbonyl (C=O) groups excluding carboxylic acids is 2. The van der Waals surface area contributed by atoms with Crippen LogP contribution in [-0.4, -0.2) is 34.7 Å². The molecule has 0 aromatic heterocycles. The van der Waals surface area contributed by atoms with Gasteiger partial charge in [0.05, 0.1) is 30.1 Å². The van der Waals surface area contributed by atoms with Crippen LogP contribution in [0.4, 0.5) is 10.5 Å². The fourth-order valence-electron chi connectivity index (χ4n) is 3.00. The Kier molecular flexibility index (Phi) is 7.30. The van der Waals surface area contributed by atoms with E-state index in [1.54, 1.807) is 36.4 Å². The number of amides is 2. The third kappa shape index (κ3) is 5.24. The summed E-state index contributed by atoms with van der Waals surface area (Å²) in [6.45, 7) is 2.50. The molecule has 0 spiro atoms. The Bertz CT molecular complexity index is 1040. The van der Waals surface area contributed by atoms with Crippen LogP contribution in [0.3, 0.4) is 0 Å². The number of nitrogens with zero attached hydrogens (tertiary/aromatic N) is 2. The maximum Gasteiger partial charge on any atom is 0.293 e. The molecule has 1 heterocycles. The first-order valence-electron chi connectivity index (χ1n) is 9.73. The van der Waals surface area contributed by atoms with Gasteiger partial charge in [0.2, 0.25) is 0 Å². The first-order chi connectivity index (χ1) is 14.9. The summed E-state index contributed by atoms with van der Waals surface area (Å²) >= 11 is 0.801. The molecule has 1 fully saturated rings. The van der Waals surface area contributed by atoms with E-state index in [2.05, 4.69) is 6.92 Å². The standard InChI is InChI=1S/C22H22N2O6S/c1-3-4-11-30-18-10-9-15(12-19(18)29-2)13-20-21(25)23(22(26)31-20)14-16-7-5-6-8-17(16)24(27)28/h5-10,12-13H,3-4,11,14H2,1-2H3/b20-13-. The highest BCUT2D eigenvalue weighted by molar-refractivity contribution is 8.18. The zero-order valence-corrected chi connectivity index (χ0v) is 18.0. The highest BCUT2D eigenvalue weighted by Gasteiger charge is 2.36. The molecule has 8 nitrogen and oxygen atoms in total. The monoisotopic (exact) mass is 442 g/mol. The van der Waals surface area contributed by atoms with Gasteiger partial charge in [-0.2, -0.15) is 0 Å². The molecule has 0 radical (unpaired) electrons. The lowest BCUT2D eigenvalue weighted by atomic mass is 10.1. The number of benzene rings is 2. The Morgan fingerprint density at radius 1 is 1.16 bits per heavy atom. The number of hydrogen-bond donors (Lipinski definition) is 0. The molecule has 2 aromatic rings. The molecule has 1 aliphatic rings. The van der Waals surface area contributed by atoms with Crippen molar-refractivity contribution < 1.29 is 24.0 Å². The number of thioether (sulfide) groups is 1. The van der Waals surface area contributed by atoms with E-state index in [9.17, 15) is 19.7 Å². The van der Waals surface area contributed by atoms with Gasteiger partial charge in [-0.05, 0) is 42.0 Å². The third-order valence-electron chi connectivity index (χ3n) is 4.63.